The van der Waals surface area contributed by atoms with Gasteiger partial charge in [-0.05, 0) is 25.0 Å². The first kappa shape index (κ1) is 15.2. The second-order valence-corrected chi connectivity index (χ2v) is 5.53. The van der Waals surface area contributed by atoms with E-state index in [0.29, 0.717) is 12.4 Å². The third-order valence-corrected chi connectivity index (χ3v) is 3.46. The van der Waals surface area contributed by atoms with Crippen LogP contribution < -0.4 is 5.32 Å². The molecule has 1 atom stereocenters. The molecule has 1 aliphatic heterocycles. The molecule has 2 rings (SSSR count). The van der Waals surface area contributed by atoms with Crippen LogP contribution in [-0.4, -0.2) is 51.2 Å². The molecule has 1 aliphatic rings. The van der Waals surface area contributed by atoms with E-state index in [-0.39, 0.29) is 23.6 Å². The van der Waals surface area contributed by atoms with Gasteiger partial charge in [0.15, 0.2) is 5.69 Å². The Labute approximate surface area is 123 Å². The Kier molecular flexibility index (Phi) is 4.72. The minimum absolute atomic E-state index is 0.00149. The quantitative estimate of drug-likeness (QED) is 0.866. The van der Waals surface area contributed by atoms with Gasteiger partial charge in [-0.2, -0.15) is 0 Å². The molecule has 0 spiro atoms. The van der Waals surface area contributed by atoms with Crippen molar-refractivity contribution in [2.24, 2.45) is 5.92 Å². The molecule has 1 saturated heterocycles. The number of piperidine rings is 1. The highest BCUT2D eigenvalue weighted by Gasteiger charge is 2.25. The number of rotatable bonds is 4. The third kappa shape index (κ3) is 3.90. The second-order valence-electron chi connectivity index (χ2n) is 5.53. The van der Waals surface area contributed by atoms with Crippen LogP contribution >= 0.6 is 0 Å². The Morgan fingerprint density at radius 3 is 2.71 bits per heavy atom. The number of hydrogen-bond acceptors (Lipinski definition) is 5. The largest absolute Gasteiger partial charge is 0.476 e. The van der Waals surface area contributed by atoms with Gasteiger partial charge in [0.2, 0.25) is 5.91 Å². The first-order chi connectivity index (χ1) is 9.97. The standard InChI is InChI=1S/C14H20N4O3/c1-9(2)13(19)18-7-3-4-10(8-18)15-12-6-5-11(14(20)21)16-17-12/h5-6,9-10H,3-4,7-8H2,1-2H3,(H,15,17)(H,20,21)/t10-/m0/s1. The maximum absolute atomic E-state index is 12.0. The first-order valence-corrected chi connectivity index (χ1v) is 7.09. The van der Waals surface area contributed by atoms with Crippen LogP contribution in [0.2, 0.25) is 0 Å². The molecule has 0 radical (unpaired) electrons. The van der Waals surface area contributed by atoms with Crippen LogP contribution in [0.3, 0.4) is 0 Å². The zero-order valence-corrected chi connectivity index (χ0v) is 12.2. The summed E-state index contributed by atoms with van der Waals surface area (Å²) in [4.78, 5) is 24.6. The third-order valence-electron chi connectivity index (χ3n) is 3.46. The van der Waals surface area contributed by atoms with Crippen molar-refractivity contribution >= 4 is 17.7 Å². The summed E-state index contributed by atoms with van der Waals surface area (Å²) in [6.07, 6.45) is 1.89. The molecule has 0 bridgehead atoms. The number of carbonyl (C=O) groups is 2. The van der Waals surface area contributed by atoms with Crippen molar-refractivity contribution in [3.8, 4) is 0 Å². The molecule has 0 aromatic carbocycles. The monoisotopic (exact) mass is 292 g/mol. The zero-order chi connectivity index (χ0) is 15.4. The summed E-state index contributed by atoms with van der Waals surface area (Å²) in [7, 11) is 0. The molecule has 1 aromatic heterocycles. The van der Waals surface area contributed by atoms with Crippen LogP contribution in [0.4, 0.5) is 5.82 Å². The molecular weight excluding hydrogens is 272 g/mol. The molecule has 2 N–H and O–H groups in total. The number of nitrogens with zero attached hydrogens (tertiary/aromatic N) is 3. The zero-order valence-electron chi connectivity index (χ0n) is 12.2. The first-order valence-electron chi connectivity index (χ1n) is 7.09. The van der Waals surface area contributed by atoms with Crippen LogP contribution in [0, 0.1) is 5.92 Å². The number of nitrogens with one attached hydrogen (secondary N) is 1. The summed E-state index contributed by atoms with van der Waals surface area (Å²) >= 11 is 0. The van der Waals surface area contributed by atoms with Gasteiger partial charge < -0.3 is 15.3 Å². The number of carbonyl (C=O) groups excluding carboxylic acids is 1. The number of carboxylic acid groups (broad SMARTS) is 1. The van der Waals surface area contributed by atoms with Crippen LogP contribution in [0.25, 0.3) is 0 Å². The molecule has 114 valence electrons. The Bertz CT molecular complexity index is 515. The van der Waals surface area contributed by atoms with Crippen molar-refractivity contribution in [2.75, 3.05) is 18.4 Å². The van der Waals surface area contributed by atoms with E-state index in [0.717, 1.165) is 19.4 Å². The molecule has 7 heteroatoms. The molecule has 0 aliphatic carbocycles. The Morgan fingerprint density at radius 2 is 2.14 bits per heavy atom. The maximum Gasteiger partial charge on any atom is 0.356 e. The van der Waals surface area contributed by atoms with Gasteiger partial charge >= 0.3 is 5.97 Å². The number of likely N-dealkylation sites (tertiary alicyclic amines) is 1. The van der Waals surface area contributed by atoms with Gasteiger partial charge in [-0.3, -0.25) is 4.79 Å². The smallest absolute Gasteiger partial charge is 0.356 e. The van der Waals surface area contributed by atoms with Crippen LogP contribution in [0.15, 0.2) is 12.1 Å². The van der Waals surface area contributed by atoms with E-state index in [2.05, 4.69) is 15.5 Å². The fourth-order valence-corrected chi connectivity index (χ4v) is 2.39. The fraction of sp³-hybridized carbons (Fsp3) is 0.571. The Hall–Kier alpha value is -2.18. The molecule has 2 heterocycles. The van der Waals surface area contributed by atoms with Crippen LogP contribution in [-0.2, 0) is 4.79 Å². The maximum atomic E-state index is 12.0. The van der Waals surface area contributed by atoms with Crippen LogP contribution in [0.5, 0.6) is 0 Å². The van der Waals surface area contributed by atoms with Gasteiger partial charge in [0.05, 0.1) is 0 Å². The van der Waals surface area contributed by atoms with Gasteiger partial charge in [0, 0.05) is 25.0 Å². The van der Waals surface area contributed by atoms with E-state index in [1.54, 1.807) is 6.07 Å². The second kappa shape index (κ2) is 6.51. The van der Waals surface area contributed by atoms with Gasteiger partial charge in [-0.15, -0.1) is 10.2 Å². The number of aromatic nitrogens is 2. The number of anilines is 1. The van der Waals surface area contributed by atoms with Crippen molar-refractivity contribution in [3.05, 3.63) is 17.8 Å². The summed E-state index contributed by atoms with van der Waals surface area (Å²) in [5.41, 5.74) is -0.0826. The fourth-order valence-electron chi connectivity index (χ4n) is 2.39. The lowest BCUT2D eigenvalue weighted by Gasteiger charge is -2.34. The van der Waals surface area contributed by atoms with E-state index < -0.39 is 5.97 Å². The summed E-state index contributed by atoms with van der Waals surface area (Å²) in [5, 5.41) is 19.5. The minimum atomic E-state index is -1.10. The van der Waals surface area contributed by atoms with Crippen molar-refractivity contribution in [3.63, 3.8) is 0 Å². The summed E-state index contributed by atoms with van der Waals surface area (Å²) in [6.45, 7) is 5.23. The molecule has 0 unspecified atom stereocenters. The summed E-state index contributed by atoms with van der Waals surface area (Å²) < 4.78 is 0. The molecule has 1 aromatic rings. The van der Waals surface area contributed by atoms with Gasteiger partial charge in [0.25, 0.3) is 0 Å². The highest BCUT2D eigenvalue weighted by Crippen LogP contribution is 2.16. The lowest BCUT2D eigenvalue weighted by atomic mass is 10.0. The predicted molar refractivity (Wildman–Crippen MR) is 77.1 cm³/mol. The van der Waals surface area contributed by atoms with E-state index in [4.69, 9.17) is 5.11 Å². The minimum Gasteiger partial charge on any atom is -0.476 e. The Morgan fingerprint density at radius 1 is 1.38 bits per heavy atom. The van der Waals surface area contributed by atoms with E-state index >= 15 is 0 Å². The SMILES string of the molecule is CC(C)C(=O)N1CCC[C@H](Nc2ccc(C(=O)O)nn2)C1. The van der Waals surface area contributed by atoms with E-state index in [1.165, 1.54) is 6.07 Å². The number of hydrogen-bond donors (Lipinski definition) is 2. The lowest BCUT2D eigenvalue weighted by Crippen LogP contribution is -2.46. The molecule has 1 fully saturated rings. The molecule has 1 amide bonds. The van der Waals surface area contributed by atoms with Crippen molar-refractivity contribution in [1.29, 1.82) is 0 Å². The number of amides is 1. The number of aromatic carboxylic acids is 1. The van der Waals surface area contributed by atoms with E-state index in [1.807, 2.05) is 18.7 Å². The normalized spacial score (nSPS) is 18.6. The molecule has 0 saturated carbocycles. The van der Waals surface area contributed by atoms with E-state index in [9.17, 15) is 9.59 Å². The van der Waals surface area contributed by atoms with Gasteiger partial charge in [-0.1, -0.05) is 13.8 Å². The topological polar surface area (TPSA) is 95.4 Å². The Balaban J connectivity index is 1.96. The average Bonchev–Trinajstić information content (AvgIpc) is 2.47. The van der Waals surface area contributed by atoms with Gasteiger partial charge in [0.1, 0.15) is 5.82 Å². The molecule has 21 heavy (non-hydrogen) atoms. The van der Waals surface area contributed by atoms with Gasteiger partial charge in [-0.25, -0.2) is 4.79 Å². The van der Waals surface area contributed by atoms with Crippen molar-refractivity contribution in [1.82, 2.24) is 15.1 Å². The predicted octanol–water partition coefficient (Wildman–Crippen LogP) is 1.23. The summed E-state index contributed by atoms with van der Waals surface area (Å²) in [5.74, 6) is -0.406. The molecule has 7 nitrogen and oxygen atoms in total. The average molecular weight is 292 g/mol. The van der Waals surface area contributed by atoms with Crippen molar-refractivity contribution in [2.45, 2.75) is 32.7 Å². The van der Waals surface area contributed by atoms with Crippen molar-refractivity contribution < 1.29 is 14.7 Å². The highest BCUT2D eigenvalue weighted by molar-refractivity contribution is 5.85. The summed E-state index contributed by atoms with van der Waals surface area (Å²) in [6, 6.07) is 3.13. The lowest BCUT2D eigenvalue weighted by molar-refractivity contribution is -0.135. The highest BCUT2D eigenvalue weighted by atomic mass is 16.4. The number of carboxylic acids is 1. The molecular formula is C14H20N4O3. The van der Waals surface area contributed by atoms with Crippen LogP contribution in [0.1, 0.15) is 37.2 Å².